The number of fused-ring (bicyclic) bond motifs is 1. The highest BCUT2D eigenvalue weighted by atomic mass is 16.5. The minimum absolute atomic E-state index is 0.0302. The first-order chi connectivity index (χ1) is 13.9. The van der Waals surface area contributed by atoms with Crippen molar-refractivity contribution in [3.8, 4) is 0 Å². The highest BCUT2D eigenvalue weighted by Crippen LogP contribution is 2.44. The van der Waals surface area contributed by atoms with Gasteiger partial charge in [0.25, 0.3) is 0 Å². The molecule has 2 aliphatic carbocycles. The number of ether oxygens (including phenoxy) is 2. The molecule has 0 bridgehead atoms. The number of aliphatic hydroxyl groups excluding tert-OH is 1. The van der Waals surface area contributed by atoms with E-state index >= 15 is 0 Å². The van der Waals surface area contributed by atoms with Crippen molar-refractivity contribution in [1.82, 2.24) is 0 Å². The molecule has 7 atom stereocenters. The molecule has 0 amide bonds. The molecule has 0 spiro atoms. The summed E-state index contributed by atoms with van der Waals surface area (Å²) in [4.78, 5) is 23.0. The van der Waals surface area contributed by atoms with E-state index in [0.29, 0.717) is 42.8 Å². The lowest BCUT2D eigenvalue weighted by atomic mass is 9.66. The summed E-state index contributed by atoms with van der Waals surface area (Å²) in [6.45, 7) is 7.25. The van der Waals surface area contributed by atoms with Gasteiger partial charge in [-0.1, -0.05) is 39.3 Å². The third-order valence-electron chi connectivity index (χ3n) is 6.76. The van der Waals surface area contributed by atoms with Gasteiger partial charge >= 0.3 is 5.97 Å². The Morgan fingerprint density at radius 2 is 2.14 bits per heavy atom. The zero-order valence-corrected chi connectivity index (χ0v) is 17.8. The summed E-state index contributed by atoms with van der Waals surface area (Å²) in [6.07, 6.45) is 9.37. The molecular formula is C24H34O5. The molecule has 1 saturated heterocycles. The van der Waals surface area contributed by atoms with Crippen molar-refractivity contribution in [2.45, 2.75) is 77.6 Å². The predicted octanol–water partition coefficient (Wildman–Crippen LogP) is 3.79. The van der Waals surface area contributed by atoms with E-state index in [1.807, 2.05) is 6.08 Å². The van der Waals surface area contributed by atoms with Crippen molar-refractivity contribution < 1.29 is 24.2 Å². The number of hydrogen-bond donors (Lipinski definition) is 1. The van der Waals surface area contributed by atoms with Crippen LogP contribution in [0.5, 0.6) is 0 Å². The van der Waals surface area contributed by atoms with Gasteiger partial charge in [0.2, 0.25) is 0 Å². The van der Waals surface area contributed by atoms with Crippen molar-refractivity contribution in [3.63, 3.8) is 0 Å². The van der Waals surface area contributed by atoms with Crippen LogP contribution in [0.2, 0.25) is 0 Å². The molecule has 1 aliphatic heterocycles. The van der Waals surface area contributed by atoms with Gasteiger partial charge in [-0.2, -0.15) is 0 Å². The Morgan fingerprint density at radius 3 is 2.83 bits per heavy atom. The number of hydrogen-bond acceptors (Lipinski definition) is 5. The molecule has 3 unspecified atom stereocenters. The van der Waals surface area contributed by atoms with Crippen LogP contribution in [0, 0.1) is 23.7 Å². The Kier molecular flexibility index (Phi) is 7.50. The van der Waals surface area contributed by atoms with Gasteiger partial charge < -0.3 is 14.6 Å². The third-order valence-corrected chi connectivity index (χ3v) is 6.76. The highest BCUT2D eigenvalue weighted by molar-refractivity contribution is 5.70. The maximum absolute atomic E-state index is 11.7. The zero-order chi connectivity index (χ0) is 21.0. The van der Waals surface area contributed by atoms with Crippen LogP contribution >= 0.6 is 0 Å². The lowest BCUT2D eigenvalue weighted by Gasteiger charge is -2.42. The van der Waals surface area contributed by atoms with E-state index in [2.05, 4.69) is 38.9 Å². The van der Waals surface area contributed by atoms with E-state index in [0.717, 1.165) is 24.8 Å². The van der Waals surface area contributed by atoms with Gasteiger partial charge in [0.05, 0.1) is 18.6 Å². The molecule has 0 aromatic heterocycles. The fourth-order valence-electron chi connectivity index (χ4n) is 4.83. The van der Waals surface area contributed by atoms with Gasteiger partial charge in [-0.15, -0.1) is 0 Å². The van der Waals surface area contributed by atoms with Crippen LogP contribution in [0.15, 0.2) is 29.4 Å². The number of aliphatic hydroxyl groups is 1. The van der Waals surface area contributed by atoms with Crippen molar-refractivity contribution in [2.24, 2.45) is 23.7 Å². The van der Waals surface area contributed by atoms with Crippen LogP contribution in [0.4, 0.5) is 0 Å². The Morgan fingerprint density at radius 1 is 1.34 bits per heavy atom. The second-order valence-electron chi connectivity index (χ2n) is 9.05. The predicted molar refractivity (Wildman–Crippen MR) is 111 cm³/mol. The lowest BCUT2D eigenvalue weighted by Crippen LogP contribution is -2.40. The third kappa shape index (κ3) is 5.48. The zero-order valence-electron chi connectivity index (χ0n) is 17.8. The number of cyclic esters (lactones) is 1. The fraction of sp³-hybridized carbons (Fsp3) is 0.708. The first-order valence-corrected chi connectivity index (χ1v) is 11.0. The molecular weight excluding hydrogens is 368 g/mol. The summed E-state index contributed by atoms with van der Waals surface area (Å²) >= 11 is 0. The second-order valence-corrected chi connectivity index (χ2v) is 9.05. The summed E-state index contributed by atoms with van der Waals surface area (Å²) in [5.74, 6) is 3.19. The quantitative estimate of drug-likeness (QED) is 0.518. The summed E-state index contributed by atoms with van der Waals surface area (Å²) < 4.78 is 11.8. The minimum atomic E-state index is -0.595. The molecule has 1 fully saturated rings. The number of carbonyl (C=O) groups excluding carboxylic acids is 2. The van der Waals surface area contributed by atoms with Crippen molar-refractivity contribution >= 4 is 11.9 Å². The normalized spacial score (nSPS) is 35.4. The second kappa shape index (κ2) is 9.88. The standard InChI is InChI=1S/C24H34O5/c1-4-15(2)14-28-22-10-17(13-25)9-18-6-5-16(3)21(24(18)22)8-7-20-11-19(26)12-23(27)29-20/h5-6,9,15-16,19-22,24,26H,4,7-8,10-12,14H2,1-3H3/t15?,16-,19+,20+,21?,22-,24?/m0/s1. The lowest BCUT2D eigenvalue weighted by molar-refractivity contribution is -0.160. The highest BCUT2D eigenvalue weighted by Gasteiger charge is 2.40. The largest absolute Gasteiger partial charge is 0.462 e. The molecule has 5 heteroatoms. The van der Waals surface area contributed by atoms with E-state index in [1.165, 1.54) is 0 Å². The molecule has 1 N–H and O–H groups in total. The van der Waals surface area contributed by atoms with E-state index < -0.39 is 6.10 Å². The molecule has 0 radical (unpaired) electrons. The van der Waals surface area contributed by atoms with Gasteiger partial charge in [0.1, 0.15) is 12.0 Å². The first kappa shape index (κ1) is 22.0. The van der Waals surface area contributed by atoms with E-state index in [4.69, 9.17) is 9.47 Å². The Bertz CT molecular complexity index is 702. The molecule has 0 saturated carbocycles. The van der Waals surface area contributed by atoms with Gasteiger partial charge in [0, 0.05) is 30.9 Å². The topological polar surface area (TPSA) is 72.8 Å². The molecule has 29 heavy (non-hydrogen) atoms. The van der Waals surface area contributed by atoms with E-state index in [9.17, 15) is 14.7 Å². The molecule has 0 aromatic carbocycles. The molecule has 3 aliphatic rings. The van der Waals surface area contributed by atoms with Crippen LogP contribution in [-0.2, 0) is 19.1 Å². The number of carbonyl (C=O) groups is 1. The number of allylic oxidation sites excluding steroid dienone is 3. The molecule has 3 rings (SSSR count). The summed E-state index contributed by atoms with van der Waals surface area (Å²) in [7, 11) is 0. The number of rotatable bonds is 7. The first-order valence-electron chi connectivity index (χ1n) is 11.0. The van der Waals surface area contributed by atoms with Gasteiger partial charge in [0.15, 0.2) is 0 Å². The smallest absolute Gasteiger partial charge is 0.308 e. The van der Waals surface area contributed by atoms with Crippen LogP contribution in [-0.4, -0.2) is 41.9 Å². The van der Waals surface area contributed by atoms with E-state index in [1.54, 1.807) is 0 Å². The van der Waals surface area contributed by atoms with Crippen molar-refractivity contribution in [3.05, 3.63) is 29.4 Å². The molecule has 160 valence electrons. The van der Waals surface area contributed by atoms with Crippen molar-refractivity contribution in [1.29, 1.82) is 0 Å². The summed E-state index contributed by atoms with van der Waals surface area (Å²) in [5, 5.41) is 9.89. The van der Waals surface area contributed by atoms with Crippen molar-refractivity contribution in [2.75, 3.05) is 6.61 Å². The van der Waals surface area contributed by atoms with Gasteiger partial charge in [-0.05, 0) is 42.2 Å². The molecule has 0 aromatic rings. The van der Waals surface area contributed by atoms with E-state index in [-0.39, 0.29) is 30.5 Å². The molecule has 1 heterocycles. The van der Waals surface area contributed by atoms with Crippen LogP contribution in [0.3, 0.4) is 0 Å². The Balaban J connectivity index is 1.75. The molecule has 5 nitrogen and oxygen atoms in total. The van der Waals surface area contributed by atoms with Gasteiger partial charge in [-0.3, -0.25) is 4.79 Å². The van der Waals surface area contributed by atoms with Crippen LogP contribution in [0.25, 0.3) is 0 Å². The maximum Gasteiger partial charge on any atom is 0.308 e. The average molecular weight is 403 g/mol. The summed E-state index contributed by atoms with van der Waals surface area (Å²) in [5.41, 5.74) is 1.82. The van der Waals surface area contributed by atoms with Crippen LogP contribution < -0.4 is 0 Å². The SMILES string of the molecule is CCC(C)CO[C@H]1CC(=C=O)C=C2C=C[C@H](C)C(CC[C@@H]3C[C@@H](O)CC(=O)O3)C21. The average Bonchev–Trinajstić information content (AvgIpc) is 2.70. The number of esters is 1. The van der Waals surface area contributed by atoms with Crippen LogP contribution in [0.1, 0.15) is 59.3 Å². The Labute approximate surface area is 173 Å². The fourth-order valence-corrected chi connectivity index (χ4v) is 4.83. The van der Waals surface area contributed by atoms with Gasteiger partial charge in [-0.25, -0.2) is 4.79 Å². The Hall–Kier alpha value is -1.68. The minimum Gasteiger partial charge on any atom is -0.462 e. The maximum atomic E-state index is 11.7. The monoisotopic (exact) mass is 402 g/mol. The summed E-state index contributed by atoms with van der Waals surface area (Å²) in [6, 6.07) is 0.